The van der Waals surface area contributed by atoms with E-state index >= 15 is 0 Å². The van der Waals surface area contributed by atoms with Gasteiger partial charge in [0.2, 0.25) is 11.8 Å². The van der Waals surface area contributed by atoms with Gasteiger partial charge in [-0.1, -0.05) is 27.7 Å². The number of carbonyl (C=O) groups is 4. The predicted octanol–water partition coefficient (Wildman–Crippen LogP) is 0.189. The first-order valence-electron chi connectivity index (χ1n) is 8.47. The monoisotopic (exact) mass is 356 g/mol. The maximum atomic E-state index is 12.2. The van der Waals surface area contributed by atoms with Crippen molar-refractivity contribution in [3.63, 3.8) is 0 Å². The number of amides is 2. The van der Waals surface area contributed by atoms with E-state index < -0.39 is 12.3 Å². The van der Waals surface area contributed by atoms with E-state index in [1.165, 1.54) is 6.92 Å². The molecule has 25 heavy (non-hydrogen) atoms. The Kier molecular flexibility index (Phi) is 9.51. The lowest BCUT2D eigenvalue weighted by molar-refractivity contribution is -0.130. The number of Topliss-reactive ketones (excluding diaryl/α,β-unsaturated/α-hetero) is 2. The van der Waals surface area contributed by atoms with Gasteiger partial charge in [-0.15, -0.1) is 0 Å². The van der Waals surface area contributed by atoms with Gasteiger partial charge in [-0.25, -0.2) is 0 Å². The van der Waals surface area contributed by atoms with Crippen molar-refractivity contribution in [1.82, 2.24) is 10.6 Å². The van der Waals surface area contributed by atoms with Gasteiger partial charge in [-0.05, 0) is 25.2 Å². The molecule has 8 heteroatoms. The Balaban J connectivity index is 4.23. The van der Waals surface area contributed by atoms with Crippen LogP contribution in [-0.4, -0.2) is 35.7 Å². The standard InChI is InChI=1S/C17H32N4O4/c1-10(7-6-8-12(23)20-15(18)11(2)22)14(25)16(19)21-13(24)9-17(3,4)5/h10,15-16H,6-9,18-19H2,1-5H3,(H,20,23)(H,21,24)/t10?,15-,16+/m1/s1. The molecule has 6 N–H and O–H groups in total. The van der Waals surface area contributed by atoms with E-state index in [0.717, 1.165) is 0 Å². The zero-order chi connectivity index (χ0) is 19.8. The summed E-state index contributed by atoms with van der Waals surface area (Å²) in [6, 6.07) is 0. The maximum Gasteiger partial charge on any atom is 0.222 e. The third-order valence-corrected chi connectivity index (χ3v) is 3.60. The van der Waals surface area contributed by atoms with E-state index in [1.807, 2.05) is 20.8 Å². The van der Waals surface area contributed by atoms with Crippen LogP contribution in [0.15, 0.2) is 0 Å². The SMILES string of the molecule is CC(=O)[C@H](N)NC(=O)CCCC(C)C(=O)[C@@H](N)NC(=O)CC(C)(C)C. The highest BCUT2D eigenvalue weighted by Crippen LogP contribution is 2.18. The summed E-state index contributed by atoms with van der Waals surface area (Å²) in [6.45, 7) is 8.77. The fourth-order valence-corrected chi connectivity index (χ4v) is 2.14. The summed E-state index contributed by atoms with van der Waals surface area (Å²) >= 11 is 0. The van der Waals surface area contributed by atoms with Gasteiger partial charge in [0, 0.05) is 18.8 Å². The van der Waals surface area contributed by atoms with Crippen molar-refractivity contribution in [2.75, 3.05) is 0 Å². The van der Waals surface area contributed by atoms with Crippen LogP contribution < -0.4 is 22.1 Å². The van der Waals surface area contributed by atoms with E-state index in [-0.39, 0.29) is 47.6 Å². The number of hydrogen-bond donors (Lipinski definition) is 4. The topological polar surface area (TPSA) is 144 Å². The summed E-state index contributed by atoms with van der Waals surface area (Å²) in [5.41, 5.74) is 11.0. The maximum absolute atomic E-state index is 12.2. The summed E-state index contributed by atoms with van der Waals surface area (Å²) in [5.74, 6) is -1.60. The second kappa shape index (κ2) is 10.2. The van der Waals surface area contributed by atoms with Gasteiger partial charge in [0.25, 0.3) is 0 Å². The van der Waals surface area contributed by atoms with Crippen LogP contribution in [0.2, 0.25) is 0 Å². The molecule has 0 aromatic carbocycles. The average Bonchev–Trinajstić information content (AvgIpc) is 2.43. The first kappa shape index (κ1) is 23.2. The minimum absolute atomic E-state index is 0.157. The molecule has 0 spiro atoms. The summed E-state index contributed by atoms with van der Waals surface area (Å²) in [7, 11) is 0. The summed E-state index contributed by atoms with van der Waals surface area (Å²) in [4.78, 5) is 46.6. The number of hydrogen-bond acceptors (Lipinski definition) is 6. The Morgan fingerprint density at radius 1 is 0.960 bits per heavy atom. The van der Waals surface area contributed by atoms with Crippen LogP contribution in [-0.2, 0) is 19.2 Å². The zero-order valence-corrected chi connectivity index (χ0v) is 15.8. The van der Waals surface area contributed by atoms with Crippen LogP contribution in [0, 0.1) is 11.3 Å². The second-order valence-corrected chi connectivity index (χ2v) is 7.63. The van der Waals surface area contributed by atoms with Crippen molar-refractivity contribution < 1.29 is 19.2 Å². The van der Waals surface area contributed by atoms with Gasteiger partial charge < -0.3 is 22.1 Å². The van der Waals surface area contributed by atoms with Gasteiger partial charge in [0.15, 0.2) is 11.6 Å². The fourth-order valence-electron chi connectivity index (χ4n) is 2.14. The number of ketones is 2. The van der Waals surface area contributed by atoms with Gasteiger partial charge in [-0.2, -0.15) is 0 Å². The average molecular weight is 356 g/mol. The fraction of sp³-hybridized carbons (Fsp3) is 0.765. The minimum Gasteiger partial charge on any atom is -0.334 e. The predicted molar refractivity (Wildman–Crippen MR) is 95.0 cm³/mol. The highest BCUT2D eigenvalue weighted by Gasteiger charge is 2.24. The van der Waals surface area contributed by atoms with E-state index in [1.54, 1.807) is 6.92 Å². The highest BCUT2D eigenvalue weighted by atomic mass is 16.2. The van der Waals surface area contributed by atoms with Gasteiger partial charge in [-0.3, -0.25) is 19.2 Å². The Labute approximate surface area is 149 Å². The molecule has 0 saturated heterocycles. The van der Waals surface area contributed by atoms with Crippen LogP contribution >= 0.6 is 0 Å². The molecule has 144 valence electrons. The molecule has 0 rings (SSSR count). The lowest BCUT2D eigenvalue weighted by atomic mass is 9.91. The molecule has 0 saturated carbocycles. The van der Waals surface area contributed by atoms with E-state index in [2.05, 4.69) is 10.6 Å². The van der Waals surface area contributed by atoms with Crippen molar-refractivity contribution in [3.8, 4) is 0 Å². The number of nitrogens with one attached hydrogen (secondary N) is 2. The molecule has 3 atom stereocenters. The Hall–Kier alpha value is -1.80. The van der Waals surface area contributed by atoms with Crippen molar-refractivity contribution in [1.29, 1.82) is 0 Å². The van der Waals surface area contributed by atoms with Crippen molar-refractivity contribution >= 4 is 23.4 Å². The van der Waals surface area contributed by atoms with Crippen LogP contribution in [0.1, 0.15) is 60.3 Å². The largest absolute Gasteiger partial charge is 0.334 e. The van der Waals surface area contributed by atoms with Crippen LogP contribution in [0.3, 0.4) is 0 Å². The molecule has 1 unspecified atom stereocenters. The zero-order valence-electron chi connectivity index (χ0n) is 15.8. The molecule has 0 aliphatic rings. The van der Waals surface area contributed by atoms with E-state index in [4.69, 9.17) is 11.5 Å². The van der Waals surface area contributed by atoms with Gasteiger partial charge in [0.05, 0.1) is 0 Å². The second-order valence-electron chi connectivity index (χ2n) is 7.63. The molecule has 2 amide bonds. The number of carbonyl (C=O) groups excluding carboxylic acids is 4. The molecule has 8 nitrogen and oxygen atoms in total. The van der Waals surface area contributed by atoms with Crippen LogP contribution in [0.4, 0.5) is 0 Å². The van der Waals surface area contributed by atoms with Gasteiger partial charge >= 0.3 is 0 Å². The number of nitrogens with two attached hydrogens (primary N) is 2. The molecule has 0 heterocycles. The lowest BCUT2D eigenvalue weighted by Crippen LogP contribution is -2.50. The van der Waals surface area contributed by atoms with Gasteiger partial charge in [0.1, 0.15) is 12.3 Å². The van der Waals surface area contributed by atoms with Crippen molar-refractivity contribution in [2.24, 2.45) is 22.8 Å². The summed E-state index contributed by atoms with van der Waals surface area (Å²) in [6.07, 6.45) is -0.720. The normalized spacial score (nSPS) is 15.0. The highest BCUT2D eigenvalue weighted by molar-refractivity contribution is 5.90. The molecule has 0 fully saturated rings. The minimum atomic E-state index is -1.05. The van der Waals surface area contributed by atoms with E-state index in [9.17, 15) is 19.2 Å². The van der Waals surface area contributed by atoms with Crippen molar-refractivity contribution in [2.45, 2.75) is 72.6 Å². The van der Waals surface area contributed by atoms with E-state index in [0.29, 0.717) is 12.8 Å². The quantitative estimate of drug-likeness (QED) is 0.411. The molecule has 0 aromatic heterocycles. The molecular weight excluding hydrogens is 324 g/mol. The Bertz CT molecular complexity index is 499. The molecule has 0 aliphatic heterocycles. The molecular formula is C17H32N4O4. The van der Waals surface area contributed by atoms with Crippen LogP contribution in [0.5, 0.6) is 0 Å². The Morgan fingerprint density at radius 3 is 1.96 bits per heavy atom. The molecule has 0 aromatic rings. The third kappa shape index (κ3) is 10.6. The first-order chi connectivity index (χ1) is 11.3. The number of rotatable bonds is 10. The third-order valence-electron chi connectivity index (χ3n) is 3.60. The summed E-state index contributed by atoms with van der Waals surface area (Å²) < 4.78 is 0. The Morgan fingerprint density at radius 2 is 1.48 bits per heavy atom. The molecule has 0 aliphatic carbocycles. The molecule has 0 radical (unpaired) electrons. The smallest absolute Gasteiger partial charge is 0.222 e. The molecule has 0 bridgehead atoms. The van der Waals surface area contributed by atoms with Crippen molar-refractivity contribution in [3.05, 3.63) is 0 Å². The first-order valence-corrected chi connectivity index (χ1v) is 8.47. The van der Waals surface area contributed by atoms with Crippen LogP contribution in [0.25, 0.3) is 0 Å². The lowest BCUT2D eigenvalue weighted by Gasteiger charge is -2.21. The summed E-state index contributed by atoms with van der Waals surface area (Å²) in [5, 5.41) is 4.89.